The Balaban J connectivity index is 1.01. The summed E-state index contributed by atoms with van der Waals surface area (Å²) < 4.78 is 2.41. The van der Waals surface area contributed by atoms with E-state index in [1.54, 1.807) is 6.20 Å². The van der Waals surface area contributed by atoms with Gasteiger partial charge in [0.1, 0.15) is 0 Å². The van der Waals surface area contributed by atoms with E-state index in [2.05, 4.69) is 209 Å². The minimum atomic E-state index is 0.653. The molecule has 0 aliphatic heterocycles. The van der Waals surface area contributed by atoms with E-state index in [0.717, 1.165) is 56.1 Å². The predicted molar refractivity (Wildman–Crippen MR) is 248 cm³/mol. The van der Waals surface area contributed by atoms with Gasteiger partial charge in [0.2, 0.25) is 0 Å². The average molecular weight is 767 g/mol. The number of pyridine rings is 1. The van der Waals surface area contributed by atoms with Crippen LogP contribution in [-0.4, -0.2) is 9.55 Å². The summed E-state index contributed by atoms with van der Waals surface area (Å²) in [5.41, 5.74) is 17.5. The SMILES string of the molecule is N#Cc1ccc(-c2ccc(N(c3ccc(-c4ccc(-n5c(-c6ccccc6)c(-c6ccccc6)c6ccccc65)cc4)cc3)c3ccc(-c4cccnc4)cc3)cc2)cc1. The van der Waals surface area contributed by atoms with E-state index in [4.69, 9.17) is 0 Å². The molecule has 8 aromatic carbocycles. The molecule has 0 amide bonds. The smallest absolute Gasteiger partial charge is 0.0991 e. The van der Waals surface area contributed by atoms with Gasteiger partial charge < -0.3 is 9.47 Å². The second-order valence-electron chi connectivity index (χ2n) is 14.8. The van der Waals surface area contributed by atoms with Crippen LogP contribution >= 0.6 is 0 Å². The lowest BCUT2D eigenvalue weighted by atomic mass is 9.98. The molecule has 0 fully saturated rings. The number of nitriles is 1. The van der Waals surface area contributed by atoms with Crippen LogP contribution in [0.4, 0.5) is 17.1 Å². The fraction of sp³-hybridized carbons (Fsp3) is 0. The monoisotopic (exact) mass is 766 g/mol. The van der Waals surface area contributed by atoms with E-state index in [1.165, 1.54) is 33.3 Å². The minimum absolute atomic E-state index is 0.653. The molecule has 10 aromatic rings. The maximum atomic E-state index is 9.28. The topological polar surface area (TPSA) is 44.9 Å². The molecule has 282 valence electrons. The fourth-order valence-electron chi connectivity index (χ4n) is 8.20. The fourth-order valence-corrected chi connectivity index (χ4v) is 8.20. The van der Waals surface area contributed by atoms with Crippen molar-refractivity contribution in [3.05, 3.63) is 236 Å². The zero-order valence-electron chi connectivity index (χ0n) is 32.7. The first kappa shape index (κ1) is 36.1. The molecular weight excluding hydrogens is 729 g/mol. The van der Waals surface area contributed by atoms with Gasteiger partial charge in [-0.1, -0.05) is 146 Å². The Labute approximate surface area is 350 Å². The summed E-state index contributed by atoms with van der Waals surface area (Å²) in [7, 11) is 0. The van der Waals surface area contributed by atoms with Crippen LogP contribution in [-0.2, 0) is 0 Å². The van der Waals surface area contributed by atoms with Crippen LogP contribution in [0.2, 0.25) is 0 Å². The van der Waals surface area contributed by atoms with E-state index in [-0.39, 0.29) is 0 Å². The van der Waals surface area contributed by atoms with Gasteiger partial charge in [-0.25, -0.2) is 0 Å². The van der Waals surface area contributed by atoms with E-state index < -0.39 is 0 Å². The van der Waals surface area contributed by atoms with Gasteiger partial charge in [-0.2, -0.15) is 5.26 Å². The Bertz CT molecular complexity index is 3070. The van der Waals surface area contributed by atoms with Crippen LogP contribution in [0.15, 0.2) is 231 Å². The van der Waals surface area contributed by atoms with Gasteiger partial charge in [0, 0.05) is 46.1 Å². The molecule has 60 heavy (non-hydrogen) atoms. The number of nitrogens with zero attached hydrogens (tertiary/aromatic N) is 4. The van der Waals surface area contributed by atoms with Crippen molar-refractivity contribution in [3.8, 4) is 67.5 Å². The van der Waals surface area contributed by atoms with Gasteiger partial charge in [0.25, 0.3) is 0 Å². The lowest BCUT2D eigenvalue weighted by molar-refractivity contribution is 1.14. The molecule has 0 atom stereocenters. The van der Waals surface area contributed by atoms with Gasteiger partial charge in [-0.05, 0) is 117 Å². The van der Waals surface area contributed by atoms with Crippen LogP contribution in [0, 0.1) is 11.3 Å². The van der Waals surface area contributed by atoms with Gasteiger partial charge in [-0.15, -0.1) is 0 Å². The second-order valence-corrected chi connectivity index (χ2v) is 14.8. The summed E-state index contributed by atoms with van der Waals surface area (Å²) in [5, 5.41) is 10.5. The first-order valence-electron chi connectivity index (χ1n) is 20.1. The average Bonchev–Trinajstić information content (AvgIpc) is 3.69. The van der Waals surface area contributed by atoms with Crippen molar-refractivity contribution < 1.29 is 0 Å². The number of benzene rings is 8. The molecule has 0 N–H and O–H groups in total. The van der Waals surface area contributed by atoms with Crippen molar-refractivity contribution in [1.82, 2.24) is 9.55 Å². The highest BCUT2D eigenvalue weighted by Gasteiger charge is 2.21. The van der Waals surface area contributed by atoms with Crippen molar-refractivity contribution in [2.45, 2.75) is 0 Å². The summed E-state index contributed by atoms with van der Waals surface area (Å²) in [6.45, 7) is 0. The molecule has 0 bridgehead atoms. The maximum absolute atomic E-state index is 9.28. The summed E-state index contributed by atoms with van der Waals surface area (Å²) in [4.78, 5) is 6.61. The maximum Gasteiger partial charge on any atom is 0.0991 e. The molecule has 4 nitrogen and oxygen atoms in total. The Hall–Kier alpha value is -8.26. The zero-order valence-corrected chi connectivity index (χ0v) is 32.7. The quantitative estimate of drug-likeness (QED) is 0.147. The van der Waals surface area contributed by atoms with Crippen molar-refractivity contribution in [3.63, 3.8) is 0 Å². The molecule has 0 aliphatic carbocycles. The van der Waals surface area contributed by atoms with Gasteiger partial charge in [0.15, 0.2) is 0 Å². The number of aromatic nitrogens is 2. The van der Waals surface area contributed by atoms with Crippen LogP contribution in [0.25, 0.3) is 72.4 Å². The van der Waals surface area contributed by atoms with Crippen LogP contribution in [0.3, 0.4) is 0 Å². The summed E-state index contributed by atoms with van der Waals surface area (Å²) in [5.74, 6) is 0. The molecular formula is C56H38N4. The van der Waals surface area contributed by atoms with E-state index in [0.29, 0.717) is 5.56 Å². The Morgan fingerprint density at radius 3 is 1.37 bits per heavy atom. The van der Waals surface area contributed by atoms with E-state index in [1.807, 2.05) is 36.5 Å². The second kappa shape index (κ2) is 15.9. The first-order valence-corrected chi connectivity index (χ1v) is 20.1. The summed E-state index contributed by atoms with van der Waals surface area (Å²) in [6.07, 6.45) is 3.69. The molecule has 0 aliphatic rings. The molecule has 0 radical (unpaired) electrons. The van der Waals surface area contributed by atoms with E-state index in [9.17, 15) is 5.26 Å². The number of fused-ring (bicyclic) bond motifs is 1. The molecule has 0 spiro atoms. The molecule has 0 unspecified atom stereocenters. The third-order valence-corrected chi connectivity index (χ3v) is 11.2. The number of hydrogen-bond donors (Lipinski definition) is 0. The lowest BCUT2D eigenvalue weighted by Gasteiger charge is -2.26. The van der Waals surface area contributed by atoms with Crippen LogP contribution in [0.1, 0.15) is 5.56 Å². The highest BCUT2D eigenvalue weighted by molar-refractivity contribution is 6.05. The normalized spacial score (nSPS) is 11.0. The van der Waals surface area contributed by atoms with E-state index >= 15 is 0 Å². The predicted octanol–water partition coefficient (Wildman–Crippen LogP) is 14.7. The third-order valence-electron chi connectivity index (χ3n) is 11.2. The van der Waals surface area contributed by atoms with Crippen molar-refractivity contribution in [2.24, 2.45) is 0 Å². The van der Waals surface area contributed by atoms with Gasteiger partial charge in [0.05, 0.1) is 22.8 Å². The molecule has 0 saturated carbocycles. The summed E-state index contributed by atoms with van der Waals surface area (Å²) >= 11 is 0. The highest BCUT2D eigenvalue weighted by atomic mass is 15.1. The number of hydrogen-bond acceptors (Lipinski definition) is 3. The number of rotatable bonds is 9. The van der Waals surface area contributed by atoms with Crippen LogP contribution < -0.4 is 4.90 Å². The zero-order chi connectivity index (χ0) is 40.3. The number of para-hydroxylation sites is 1. The van der Waals surface area contributed by atoms with Crippen molar-refractivity contribution >= 4 is 28.0 Å². The van der Waals surface area contributed by atoms with Crippen LogP contribution in [0.5, 0.6) is 0 Å². The lowest BCUT2D eigenvalue weighted by Crippen LogP contribution is -2.09. The Morgan fingerprint density at radius 1 is 0.400 bits per heavy atom. The molecule has 4 heteroatoms. The number of anilines is 3. The molecule has 2 heterocycles. The Morgan fingerprint density at radius 2 is 0.850 bits per heavy atom. The summed E-state index contributed by atoms with van der Waals surface area (Å²) in [6, 6.07) is 79.1. The first-order chi connectivity index (χ1) is 29.7. The molecule has 0 saturated heterocycles. The molecule has 2 aromatic heterocycles. The Kier molecular flexibility index (Phi) is 9.59. The van der Waals surface area contributed by atoms with Gasteiger partial charge in [-0.3, -0.25) is 4.98 Å². The van der Waals surface area contributed by atoms with Gasteiger partial charge >= 0.3 is 0 Å². The molecule has 10 rings (SSSR count). The van der Waals surface area contributed by atoms with Crippen molar-refractivity contribution in [1.29, 1.82) is 5.26 Å². The van der Waals surface area contributed by atoms with Crippen molar-refractivity contribution in [2.75, 3.05) is 4.90 Å². The largest absolute Gasteiger partial charge is 0.311 e. The third kappa shape index (κ3) is 6.91. The minimum Gasteiger partial charge on any atom is -0.311 e. The standard InChI is InChI=1S/C56H38N4/c57-38-40-17-19-41(20-18-40)42-21-29-49(30-22-42)59(51-33-27-45(28-34-51)48-14-9-37-58-39-48)50-31-23-43(24-32-50)44-25-35-52(36-26-44)60-54-16-8-7-15-53(54)55(46-10-3-1-4-11-46)56(60)47-12-5-2-6-13-47/h1-37,39H. The highest BCUT2D eigenvalue weighted by Crippen LogP contribution is 2.43.